The summed E-state index contributed by atoms with van der Waals surface area (Å²) in [6, 6.07) is 6.80. The van der Waals surface area contributed by atoms with Crippen molar-refractivity contribution in [1.82, 2.24) is 4.90 Å². The lowest BCUT2D eigenvalue weighted by atomic mass is 10.0. The minimum absolute atomic E-state index is 0.232. The summed E-state index contributed by atoms with van der Waals surface area (Å²) in [6.45, 7) is 9.76. The van der Waals surface area contributed by atoms with Gasteiger partial charge in [-0.25, -0.2) is 0 Å². The molecule has 3 aromatic rings. The number of hydrogen-bond acceptors (Lipinski definition) is 7. The topological polar surface area (TPSA) is 80.5 Å². The number of aldehydes is 1. The van der Waals surface area contributed by atoms with Crippen molar-refractivity contribution in [3.05, 3.63) is 56.8 Å². The van der Waals surface area contributed by atoms with Crippen LogP contribution in [-0.2, 0) is 33.6 Å². The van der Waals surface area contributed by atoms with Crippen molar-refractivity contribution in [3.63, 3.8) is 0 Å². The average molecular weight is 555 g/mol. The van der Waals surface area contributed by atoms with Gasteiger partial charge in [0, 0.05) is 54.4 Å². The third-order valence-corrected chi connectivity index (χ3v) is 11.0. The Kier molecular flexibility index (Phi) is 8.95. The maximum atomic E-state index is 12.0. The van der Waals surface area contributed by atoms with Gasteiger partial charge in [-0.2, -0.15) is 0 Å². The van der Waals surface area contributed by atoms with Crippen LogP contribution in [0.1, 0.15) is 72.4 Å². The molecule has 2 amide bonds. The largest absolute Gasteiger partial charge is 0.330 e. The highest BCUT2D eigenvalue weighted by molar-refractivity contribution is 7.26. The number of hydrogen-bond donors (Lipinski definition) is 1. The predicted octanol–water partition coefficient (Wildman–Crippen LogP) is 6.55. The van der Waals surface area contributed by atoms with Crippen LogP contribution in [0.4, 0.5) is 0 Å². The minimum Gasteiger partial charge on any atom is -0.330 e. The van der Waals surface area contributed by atoms with Crippen LogP contribution in [0.15, 0.2) is 30.4 Å². The third-order valence-electron chi connectivity index (χ3n) is 6.46. The molecule has 8 heteroatoms. The van der Waals surface area contributed by atoms with Crippen LogP contribution in [0.25, 0.3) is 19.5 Å². The SMILES string of the molecule is CC(C)c1sc(-c2cc(CCN)c(-c3cc(CCN4C(=O)C=CC4=O)c(C(C)C)s3)s2)cc1CCC=O. The number of carbonyl (C=O) groups is 3. The lowest BCUT2D eigenvalue weighted by molar-refractivity contribution is -0.136. The lowest BCUT2D eigenvalue weighted by Gasteiger charge is -2.14. The summed E-state index contributed by atoms with van der Waals surface area (Å²) in [5.41, 5.74) is 9.74. The second-order valence-corrected chi connectivity index (χ2v) is 13.1. The van der Waals surface area contributed by atoms with Crippen molar-refractivity contribution in [1.29, 1.82) is 0 Å². The van der Waals surface area contributed by atoms with Gasteiger partial charge < -0.3 is 10.5 Å². The van der Waals surface area contributed by atoms with Gasteiger partial charge in [0.1, 0.15) is 6.29 Å². The highest BCUT2D eigenvalue weighted by Crippen LogP contribution is 2.46. The van der Waals surface area contributed by atoms with E-state index < -0.39 is 0 Å². The molecule has 0 spiro atoms. The summed E-state index contributed by atoms with van der Waals surface area (Å²) in [4.78, 5) is 44.0. The zero-order valence-corrected chi connectivity index (χ0v) is 24.3. The highest BCUT2D eigenvalue weighted by Gasteiger charge is 2.25. The van der Waals surface area contributed by atoms with Gasteiger partial charge in [0.05, 0.1) is 0 Å². The molecule has 4 rings (SSSR count). The quantitative estimate of drug-likeness (QED) is 0.203. The summed E-state index contributed by atoms with van der Waals surface area (Å²) >= 11 is 5.45. The number of carbonyl (C=O) groups excluding carboxylic acids is 3. The molecule has 0 aromatic carbocycles. The molecule has 0 aliphatic carbocycles. The van der Waals surface area contributed by atoms with E-state index in [0.29, 0.717) is 37.8 Å². The zero-order valence-electron chi connectivity index (χ0n) is 21.8. The number of nitrogens with zero attached hydrogens (tertiary/aromatic N) is 1. The monoisotopic (exact) mass is 554 g/mol. The first kappa shape index (κ1) is 27.6. The van der Waals surface area contributed by atoms with Crippen molar-refractivity contribution in [2.45, 2.75) is 65.2 Å². The minimum atomic E-state index is -0.232. The smallest absolute Gasteiger partial charge is 0.253 e. The lowest BCUT2D eigenvalue weighted by Crippen LogP contribution is -2.31. The molecule has 0 atom stereocenters. The molecule has 3 aromatic heterocycles. The van der Waals surface area contributed by atoms with Gasteiger partial charge in [0.15, 0.2) is 0 Å². The normalized spacial score (nSPS) is 13.6. The van der Waals surface area contributed by atoms with Crippen molar-refractivity contribution in [3.8, 4) is 19.5 Å². The molecule has 1 aliphatic heterocycles. The van der Waals surface area contributed by atoms with E-state index in [4.69, 9.17) is 5.73 Å². The fraction of sp³-hybridized carbons (Fsp3) is 0.414. The maximum absolute atomic E-state index is 12.0. The highest BCUT2D eigenvalue weighted by atomic mass is 32.1. The molecule has 0 saturated carbocycles. The van der Waals surface area contributed by atoms with Crippen LogP contribution in [0.2, 0.25) is 0 Å². The van der Waals surface area contributed by atoms with Crippen molar-refractivity contribution in [2.24, 2.45) is 5.73 Å². The van der Waals surface area contributed by atoms with E-state index in [-0.39, 0.29) is 11.8 Å². The number of nitrogens with two attached hydrogens (primary N) is 1. The van der Waals surface area contributed by atoms with Gasteiger partial charge in [0.2, 0.25) is 0 Å². The van der Waals surface area contributed by atoms with E-state index >= 15 is 0 Å². The van der Waals surface area contributed by atoms with E-state index in [2.05, 4.69) is 45.9 Å². The first-order valence-electron chi connectivity index (χ1n) is 12.8. The summed E-state index contributed by atoms with van der Waals surface area (Å²) in [5.74, 6) is 0.301. The van der Waals surface area contributed by atoms with Gasteiger partial charge in [-0.3, -0.25) is 14.5 Å². The second kappa shape index (κ2) is 12.0. The molecular formula is C29H34N2O3S3. The van der Waals surface area contributed by atoms with E-state index in [9.17, 15) is 14.4 Å². The van der Waals surface area contributed by atoms with Gasteiger partial charge in [0.25, 0.3) is 11.8 Å². The summed E-state index contributed by atoms with van der Waals surface area (Å²) in [5, 5.41) is 0. The molecule has 0 radical (unpaired) electrons. The van der Waals surface area contributed by atoms with E-state index in [0.717, 1.165) is 19.1 Å². The number of rotatable bonds is 12. The number of imide groups is 1. The van der Waals surface area contributed by atoms with Gasteiger partial charge in [-0.1, -0.05) is 27.7 Å². The second-order valence-electron chi connectivity index (χ2n) is 9.93. The molecular weight excluding hydrogens is 521 g/mol. The van der Waals surface area contributed by atoms with Gasteiger partial charge in [-0.15, -0.1) is 34.0 Å². The van der Waals surface area contributed by atoms with Crippen molar-refractivity contribution >= 4 is 52.1 Å². The van der Waals surface area contributed by atoms with Gasteiger partial charge in [-0.05, 0) is 72.5 Å². The Morgan fingerprint density at radius 1 is 0.784 bits per heavy atom. The average Bonchev–Trinajstić information content (AvgIpc) is 3.62. The predicted molar refractivity (Wildman–Crippen MR) is 156 cm³/mol. The number of aryl methyl sites for hydroxylation is 1. The molecule has 2 N–H and O–H groups in total. The molecule has 0 unspecified atom stereocenters. The fourth-order valence-electron chi connectivity index (χ4n) is 4.69. The van der Waals surface area contributed by atoms with Crippen molar-refractivity contribution < 1.29 is 14.4 Å². The van der Waals surface area contributed by atoms with E-state index in [1.165, 1.54) is 63.0 Å². The van der Waals surface area contributed by atoms with Crippen LogP contribution >= 0.6 is 34.0 Å². The van der Waals surface area contributed by atoms with E-state index in [1.54, 1.807) is 0 Å². The Hall–Kier alpha value is -2.39. The molecule has 0 fully saturated rings. The maximum Gasteiger partial charge on any atom is 0.253 e. The Balaban J connectivity index is 1.68. The van der Waals surface area contributed by atoms with E-state index in [1.807, 2.05) is 34.0 Å². The fourth-order valence-corrected chi connectivity index (χ4v) is 8.53. The molecule has 1 aliphatic rings. The summed E-state index contributed by atoms with van der Waals surface area (Å²) in [6.07, 6.45) is 6.47. The summed E-state index contributed by atoms with van der Waals surface area (Å²) in [7, 11) is 0. The molecule has 0 bridgehead atoms. The molecule has 5 nitrogen and oxygen atoms in total. The Bertz CT molecular complexity index is 1310. The van der Waals surface area contributed by atoms with Crippen molar-refractivity contribution in [2.75, 3.05) is 13.1 Å². The number of thiophene rings is 3. The molecule has 4 heterocycles. The van der Waals surface area contributed by atoms with Crippen LogP contribution in [0.5, 0.6) is 0 Å². The zero-order chi connectivity index (χ0) is 26.7. The standard InChI is InChI=1S/C29H34N2O3S3/c1-17(2)27-19(6-5-13-32)14-22(35-27)23-15-20(9-11-30)29(36-23)24-16-21(28(37-24)18(3)4)10-12-31-25(33)7-8-26(31)34/h7-8,13-18H,5-6,9-12,30H2,1-4H3. The Morgan fingerprint density at radius 2 is 1.32 bits per heavy atom. The molecule has 0 saturated heterocycles. The summed E-state index contributed by atoms with van der Waals surface area (Å²) < 4.78 is 0. The first-order chi connectivity index (χ1) is 17.7. The first-order valence-corrected chi connectivity index (χ1v) is 15.2. The van der Waals surface area contributed by atoms with Gasteiger partial charge >= 0.3 is 0 Å². The molecule has 196 valence electrons. The van der Waals surface area contributed by atoms with Crippen LogP contribution in [-0.4, -0.2) is 36.1 Å². The van der Waals surface area contributed by atoms with Crippen LogP contribution in [0.3, 0.4) is 0 Å². The Labute approximate surface area is 231 Å². The molecule has 37 heavy (non-hydrogen) atoms. The Morgan fingerprint density at radius 3 is 1.92 bits per heavy atom. The van der Waals surface area contributed by atoms with Crippen LogP contribution < -0.4 is 5.73 Å². The van der Waals surface area contributed by atoms with Crippen LogP contribution in [0, 0.1) is 0 Å². The number of amides is 2. The third kappa shape index (κ3) is 6.03.